The fraction of sp³-hybridized carbons (Fsp3) is 0.491. The van der Waals surface area contributed by atoms with Gasteiger partial charge in [0.25, 0.3) is 5.91 Å². The molecule has 32 nitrogen and oxygen atoms in total. The first-order valence-electron chi connectivity index (χ1n) is 29.6. The average molecular weight is 1630 g/mol. The summed E-state index contributed by atoms with van der Waals surface area (Å²) >= 11 is 5.60. The molecule has 3 aromatic carbocycles. The first-order chi connectivity index (χ1) is 44.1. The fourth-order valence-electron chi connectivity index (χ4n) is 10.2. The summed E-state index contributed by atoms with van der Waals surface area (Å²) in [5, 5.41) is 61.6. The van der Waals surface area contributed by atoms with Gasteiger partial charge in [0.15, 0.2) is 12.0 Å². The van der Waals surface area contributed by atoms with Crippen molar-refractivity contribution in [3.63, 3.8) is 0 Å². The van der Waals surface area contributed by atoms with E-state index in [2.05, 4.69) is 47.4 Å². The molecule has 5 atom stereocenters. The molecular formula is C57H78BI3N16O16. The zero-order valence-corrected chi connectivity index (χ0v) is 57.4. The Morgan fingerprint density at radius 2 is 1.19 bits per heavy atom. The number of hydrogen-bond acceptors (Lipinski definition) is 18. The SMILES string of the molecule is CN1C(=O)[C@@H](Cc2ccc(O)c(I)c2)NC(=O)CNC(=O)[C@H](Cc2ccc3ccccc3c2)NC(=O)[C@H](CCCN=C(N)N)NC(=O)[C@H]1CCCNC(=O)CNC(=O)C(NC(=O)CN1CCN(CC(=O)O)CCN(CC(=O)O)CCN(CC(=O)O)CC1)C(=O)NB(I)I. The number of carboxylic acid groups (broad SMARTS) is 3. The number of carboxylic acids is 3. The van der Waals surface area contributed by atoms with Gasteiger partial charge >= 0.3 is 20.5 Å². The van der Waals surface area contributed by atoms with Crippen LogP contribution in [0, 0.1) is 3.57 Å². The Morgan fingerprint density at radius 1 is 0.645 bits per heavy atom. The zero-order valence-electron chi connectivity index (χ0n) is 51.0. The van der Waals surface area contributed by atoms with Crippen LogP contribution in [0.2, 0.25) is 0 Å². The number of nitrogens with one attached hydrogen (secondary N) is 8. The standard InChI is InChI=1S/C57H78BI3N16O16/c1-73-42(9-5-14-64-44(79)28-67-54(91)50(55(92)72-58(60)61)71-46(81)30-74-16-18-75(31-47(82)83)20-22-77(33-49(86)87)23-21-76(19-17-74)32-48(84)85)53(90)69-39(8-4-15-65-57(62)63)52(89)70-40(26-34-10-12-36-6-2-3-7-37(36)24-34)51(88)66-29-45(80)68-41(56(73)93)27-35-11-13-43(78)38(59)25-35/h2-3,6-7,10-13,24-25,39-42,50,78H,4-5,8-9,14-23,26-33H2,1H3,(H,64,79)(H,66,88)(H,67,91)(H,68,80)(H,69,90)(H,70,89)(H,71,81)(H,72,92)(H,82,83)(H,84,85)(H,86,87)(H4,62,63,65)/t39-,40-,41+,42+,50?/m0/s1. The molecule has 0 spiro atoms. The van der Waals surface area contributed by atoms with E-state index in [4.69, 9.17) is 11.5 Å². The van der Waals surface area contributed by atoms with Crippen molar-refractivity contribution in [1.82, 2.24) is 66.9 Å². The summed E-state index contributed by atoms with van der Waals surface area (Å²) in [4.78, 5) is 173. The molecule has 9 amide bonds. The number of phenols is 1. The normalized spacial score (nSPS) is 19.3. The predicted molar refractivity (Wildman–Crippen MR) is 365 cm³/mol. The van der Waals surface area contributed by atoms with Gasteiger partial charge in [-0.15, -0.1) is 44.7 Å². The molecule has 0 aromatic heterocycles. The van der Waals surface area contributed by atoms with Gasteiger partial charge in [-0.1, -0.05) is 48.5 Å². The van der Waals surface area contributed by atoms with Gasteiger partial charge in [-0.05, 0) is 82.3 Å². The molecule has 5 rings (SSSR count). The number of hydrogen-bond donors (Lipinski definition) is 14. The number of benzene rings is 3. The minimum atomic E-state index is -1.89. The van der Waals surface area contributed by atoms with Crippen molar-refractivity contribution in [1.29, 1.82) is 0 Å². The molecule has 2 fully saturated rings. The van der Waals surface area contributed by atoms with E-state index in [0.29, 0.717) is 14.7 Å². The van der Waals surface area contributed by atoms with Crippen molar-refractivity contribution in [2.24, 2.45) is 16.5 Å². The maximum atomic E-state index is 14.8. The minimum Gasteiger partial charge on any atom is -0.507 e. The van der Waals surface area contributed by atoms with E-state index in [1.165, 1.54) is 13.1 Å². The quantitative estimate of drug-likeness (QED) is 0.00920. The monoisotopic (exact) mass is 1630 g/mol. The van der Waals surface area contributed by atoms with Crippen LogP contribution < -0.4 is 53.9 Å². The van der Waals surface area contributed by atoms with Crippen molar-refractivity contribution in [3.8, 4) is 5.75 Å². The van der Waals surface area contributed by atoms with Crippen LogP contribution in [0.5, 0.6) is 5.75 Å². The van der Waals surface area contributed by atoms with Crippen molar-refractivity contribution in [2.75, 3.05) is 112 Å². The van der Waals surface area contributed by atoms with Crippen molar-refractivity contribution >= 4 is 158 Å². The number of aromatic hydroxyl groups is 1. The molecular weight excluding hydrogens is 1560 g/mol. The molecule has 0 bridgehead atoms. The lowest BCUT2D eigenvalue weighted by Crippen LogP contribution is -2.59. The van der Waals surface area contributed by atoms with Crippen LogP contribution in [0.4, 0.5) is 0 Å². The largest absolute Gasteiger partial charge is 0.507 e. The Hall–Kier alpha value is -7.28. The zero-order chi connectivity index (χ0) is 68.3. The second-order valence-corrected chi connectivity index (χ2v) is 28.1. The van der Waals surface area contributed by atoms with Gasteiger partial charge in [-0.3, -0.25) is 82.1 Å². The summed E-state index contributed by atoms with van der Waals surface area (Å²) in [6, 6.07) is 10.3. The van der Waals surface area contributed by atoms with E-state index in [1.807, 2.05) is 104 Å². The second-order valence-electron chi connectivity index (χ2n) is 22.1. The van der Waals surface area contributed by atoms with E-state index in [1.54, 1.807) is 37.8 Å². The molecule has 0 saturated carbocycles. The summed E-state index contributed by atoms with van der Waals surface area (Å²) in [7, 11) is 1.32. The lowest BCUT2D eigenvalue weighted by Gasteiger charge is -2.33. The van der Waals surface area contributed by atoms with E-state index in [0.717, 1.165) is 15.7 Å². The van der Waals surface area contributed by atoms with Crippen LogP contribution in [-0.2, 0) is 70.4 Å². The molecule has 2 heterocycles. The van der Waals surface area contributed by atoms with Gasteiger partial charge < -0.3 is 79.2 Å². The maximum absolute atomic E-state index is 14.8. The van der Waals surface area contributed by atoms with Crippen LogP contribution in [0.25, 0.3) is 10.8 Å². The number of fused-ring (bicyclic) bond motifs is 1. The molecule has 2 aliphatic heterocycles. The van der Waals surface area contributed by atoms with Gasteiger partial charge in [-0.2, -0.15) is 0 Å². The number of phenolic OH excluding ortho intramolecular Hbond substituents is 1. The Kier molecular flexibility index (Phi) is 31.9. The van der Waals surface area contributed by atoms with Crippen LogP contribution in [0.1, 0.15) is 36.8 Å². The third-order valence-corrected chi connectivity index (χ3v) is 16.4. The number of carbonyl (C=O) groups excluding carboxylic acids is 9. The lowest BCUT2D eigenvalue weighted by atomic mass is 10.00. The number of amides is 9. The van der Waals surface area contributed by atoms with Crippen molar-refractivity contribution < 1.29 is 78.0 Å². The highest BCUT2D eigenvalue weighted by molar-refractivity contribution is 14.3. The lowest BCUT2D eigenvalue weighted by molar-refractivity contribution is -0.142. The fourth-order valence-corrected chi connectivity index (χ4v) is 11.4. The number of guanidine groups is 1. The number of nitrogens with zero attached hydrogens (tertiary/aromatic N) is 6. The number of rotatable bonds is 26. The van der Waals surface area contributed by atoms with E-state index >= 15 is 0 Å². The number of nitrogens with two attached hydrogens (primary N) is 2. The molecule has 2 aliphatic rings. The van der Waals surface area contributed by atoms with Crippen molar-refractivity contribution in [3.05, 3.63) is 75.4 Å². The van der Waals surface area contributed by atoms with Gasteiger partial charge in [0.1, 0.15) is 29.9 Å². The smallest absolute Gasteiger partial charge is 0.399 e. The van der Waals surface area contributed by atoms with Crippen LogP contribution in [0.15, 0.2) is 65.7 Å². The maximum Gasteiger partial charge on any atom is 0.399 e. The molecule has 36 heteroatoms. The highest BCUT2D eigenvalue weighted by Crippen LogP contribution is 2.22. The van der Waals surface area contributed by atoms with Gasteiger partial charge in [0.2, 0.25) is 47.3 Å². The third-order valence-electron chi connectivity index (χ3n) is 14.9. The highest BCUT2D eigenvalue weighted by atomic mass is 127. The van der Waals surface area contributed by atoms with E-state index < -0.39 is 137 Å². The molecule has 0 radical (unpaired) electrons. The number of halogens is 3. The first kappa shape index (κ1) is 76.4. The Morgan fingerprint density at radius 3 is 1.76 bits per heavy atom. The summed E-state index contributed by atoms with van der Waals surface area (Å²) in [5.74, 6) is -11.2. The topological polar surface area (TPSA) is 463 Å². The van der Waals surface area contributed by atoms with Gasteiger partial charge in [0.05, 0.1) is 42.8 Å². The third kappa shape index (κ3) is 27.3. The Bertz CT molecular complexity index is 3170. The molecule has 0 aliphatic carbocycles. The van der Waals surface area contributed by atoms with Crippen LogP contribution in [0.3, 0.4) is 0 Å². The Balaban J connectivity index is 1.33. The Labute approximate surface area is 576 Å². The molecule has 2 saturated heterocycles. The minimum absolute atomic E-state index is 0.0220. The summed E-state index contributed by atoms with van der Waals surface area (Å²) < 4.78 is -0.133. The van der Waals surface area contributed by atoms with Crippen LogP contribution in [-0.4, -0.2) is 266 Å². The van der Waals surface area contributed by atoms with E-state index in [-0.39, 0.29) is 122 Å². The predicted octanol–water partition coefficient (Wildman–Crippen LogP) is -3.66. The number of likely N-dealkylation sites (N-methyl/N-ethyl adjacent to an activating group) is 1. The van der Waals surface area contributed by atoms with E-state index in [9.17, 15) is 78.0 Å². The summed E-state index contributed by atoms with van der Waals surface area (Å²) in [6.45, 7) is -2.33. The molecule has 3 aromatic rings. The number of aliphatic carboxylic acids is 3. The number of carbonyl (C=O) groups is 12. The average Bonchev–Trinajstić information content (AvgIpc) is 1.57. The molecule has 16 N–H and O–H groups in total. The number of aliphatic imine (C=N–C) groups is 1. The molecule has 93 heavy (non-hydrogen) atoms. The second kappa shape index (κ2) is 38.8. The van der Waals surface area contributed by atoms with Gasteiger partial charge in [-0.25, -0.2) is 0 Å². The first-order valence-corrected chi connectivity index (χ1v) is 33.1. The summed E-state index contributed by atoms with van der Waals surface area (Å²) in [6.07, 6.45) is -0.276. The van der Waals surface area contributed by atoms with Gasteiger partial charge in [0, 0.05) is 85.3 Å². The summed E-state index contributed by atoms with van der Waals surface area (Å²) in [5.41, 5.74) is 12.3. The highest BCUT2D eigenvalue weighted by Gasteiger charge is 2.37. The van der Waals surface area contributed by atoms with Crippen LogP contribution >= 0.6 is 67.3 Å². The van der Waals surface area contributed by atoms with Crippen molar-refractivity contribution in [2.45, 2.75) is 68.7 Å². The molecule has 506 valence electrons. The molecule has 1 unspecified atom stereocenters.